The highest BCUT2D eigenvalue weighted by Crippen LogP contribution is 2.27. The van der Waals surface area contributed by atoms with Gasteiger partial charge in [-0.2, -0.15) is 0 Å². The second kappa shape index (κ2) is 7.12. The van der Waals surface area contributed by atoms with Crippen molar-refractivity contribution < 1.29 is 14.1 Å². The average Bonchev–Trinajstić information content (AvgIpc) is 3.18. The van der Waals surface area contributed by atoms with Crippen molar-refractivity contribution in [2.24, 2.45) is 7.05 Å². The molecule has 0 spiro atoms. The highest BCUT2D eigenvalue weighted by atomic mass is 32.2. The van der Waals surface area contributed by atoms with Crippen molar-refractivity contribution in [2.75, 3.05) is 5.75 Å². The summed E-state index contributed by atoms with van der Waals surface area (Å²) < 4.78 is 7.07. The van der Waals surface area contributed by atoms with Gasteiger partial charge in [0, 0.05) is 24.2 Å². The minimum Gasteiger partial charge on any atom is -0.469 e. The SMILES string of the molecule is Cc1ccc(C(=O)CSc2nnc(-c3ccoc3C)n2C)cc1[N+](=O)[O-]. The molecule has 0 saturated heterocycles. The zero-order valence-corrected chi connectivity index (χ0v) is 15.2. The summed E-state index contributed by atoms with van der Waals surface area (Å²) in [6, 6.07) is 6.31. The Morgan fingerprint density at radius 1 is 1.31 bits per heavy atom. The summed E-state index contributed by atoms with van der Waals surface area (Å²) in [5, 5.41) is 19.9. The monoisotopic (exact) mass is 372 g/mol. The van der Waals surface area contributed by atoms with E-state index in [1.54, 1.807) is 29.9 Å². The Bertz CT molecular complexity index is 993. The molecule has 2 aromatic heterocycles. The number of carbonyl (C=O) groups excluding carboxylic acids is 1. The van der Waals surface area contributed by atoms with E-state index in [1.165, 1.54) is 17.8 Å². The largest absolute Gasteiger partial charge is 0.469 e. The molecule has 0 aliphatic carbocycles. The van der Waals surface area contributed by atoms with E-state index in [1.807, 2.05) is 20.0 Å². The van der Waals surface area contributed by atoms with Gasteiger partial charge < -0.3 is 8.98 Å². The Morgan fingerprint density at radius 2 is 2.08 bits per heavy atom. The van der Waals surface area contributed by atoms with Crippen LogP contribution in [0.1, 0.15) is 21.7 Å². The Balaban J connectivity index is 1.75. The molecule has 134 valence electrons. The van der Waals surface area contributed by atoms with Crippen molar-refractivity contribution in [3.8, 4) is 11.4 Å². The van der Waals surface area contributed by atoms with Crippen LogP contribution >= 0.6 is 11.8 Å². The van der Waals surface area contributed by atoms with Crippen LogP contribution < -0.4 is 0 Å². The fourth-order valence-corrected chi connectivity index (χ4v) is 3.29. The summed E-state index contributed by atoms with van der Waals surface area (Å²) in [4.78, 5) is 22.9. The lowest BCUT2D eigenvalue weighted by atomic mass is 10.1. The van der Waals surface area contributed by atoms with Crippen molar-refractivity contribution in [1.29, 1.82) is 0 Å². The van der Waals surface area contributed by atoms with Gasteiger partial charge in [0.15, 0.2) is 16.8 Å². The van der Waals surface area contributed by atoms with Gasteiger partial charge in [-0.15, -0.1) is 10.2 Å². The van der Waals surface area contributed by atoms with Gasteiger partial charge in [0.25, 0.3) is 5.69 Å². The van der Waals surface area contributed by atoms with Crippen molar-refractivity contribution in [2.45, 2.75) is 19.0 Å². The van der Waals surface area contributed by atoms with Crippen LogP contribution in [0.5, 0.6) is 0 Å². The van der Waals surface area contributed by atoms with Gasteiger partial charge in [-0.25, -0.2) is 0 Å². The molecule has 2 heterocycles. The number of aromatic nitrogens is 3. The van der Waals surface area contributed by atoms with Crippen LogP contribution in [0, 0.1) is 24.0 Å². The standard InChI is InChI=1S/C17H16N4O4S/c1-10-4-5-12(8-14(10)21(23)24)15(22)9-26-17-19-18-16(20(17)3)13-6-7-25-11(13)2/h4-8H,9H2,1-3H3. The second-order valence-corrected chi connectivity index (χ2v) is 6.67. The minimum atomic E-state index is -0.485. The molecule has 26 heavy (non-hydrogen) atoms. The molecule has 0 aliphatic rings. The van der Waals surface area contributed by atoms with Gasteiger partial charge in [0.05, 0.1) is 22.5 Å². The molecule has 8 nitrogen and oxygen atoms in total. The Morgan fingerprint density at radius 3 is 2.73 bits per heavy atom. The summed E-state index contributed by atoms with van der Waals surface area (Å²) in [6.07, 6.45) is 1.58. The summed E-state index contributed by atoms with van der Waals surface area (Å²) in [7, 11) is 1.81. The molecule has 9 heteroatoms. The number of nitrogens with zero attached hydrogens (tertiary/aromatic N) is 4. The molecule has 1 aromatic carbocycles. The zero-order valence-electron chi connectivity index (χ0n) is 14.4. The number of carbonyl (C=O) groups is 1. The lowest BCUT2D eigenvalue weighted by Gasteiger charge is -2.04. The van der Waals surface area contributed by atoms with E-state index in [2.05, 4.69) is 10.2 Å². The van der Waals surface area contributed by atoms with Crippen LogP contribution in [0.4, 0.5) is 5.69 Å². The molecule has 0 fully saturated rings. The number of Topliss-reactive ketones (excluding diaryl/α,β-unsaturated/α-hetero) is 1. The number of rotatable bonds is 6. The predicted octanol–water partition coefficient (Wildman–Crippen LogP) is 3.58. The van der Waals surface area contributed by atoms with Crippen LogP contribution in [-0.2, 0) is 7.05 Å². The molecule has 0 unspecified atom stereocenters. The molecule has 0 N–H and O–H groups in total. The second-order valence-electron chi connectivity index (χ2n) is 5.73. The Hall–Kier alpha value is -2.94. The quantitative estimate of drug-likeness (QED) is 0.282. The molecule has 0 bridgehead atoms. The normalized spacial score (nSPS) is 10.9. The van der Waals surface area contributed by atoms with Crippen LogP contribution in [0.25, 0.3) is 11.4 Å². The van der Waals surface area contributed by atoms with Crippen LogP contribution in [-0.4, -0.2) is 31.2 Å². The van der Waals surface area contributed by atoms with E-state index in [0.717, 1.165) is 11.3 Å². The van der Waals surface area contributed by atoms with E-state index in [9.17, 15) is 14.9 Å². The van der Waals surface area contributed by atoms with Gasteiger partial charge in [-0.3, -0.25) is 14.9 Å². The average molecular weight is 372 g/mol. The summed E-state index contributed by atoms with van der Waals surface area (Å²) in [6.45, 7) is 3.48. The fourth-order valence-electron chi connectivity index (χ4n) is 2.49. The highest BCUT2D eigenvalue weighted by Gasteiger charge is 2.18. The van der Waals surface area contributed by atoms with Crippen molar-refractivity contribution in [3.05, 3.63) is 57.5 Å². The summed E-state index contributed by atoms with van der Waals surface area (Å²) >= 11 is 1.23. The van der Waals surface area contributed by atoms with Gasteiger partial charge in [-0.05, 0) is 19.9 Å². The first-order valence-corrected chi connectivity index (χ1v) is 8.72. The van der Waals surface area contributed by atoms with E-state index in [0.29, 0.717) is 22.1 Å². The van der Waals surface area contributed by atoms with E-state index < -0.39 is 4.92 Å². The van der Waals surface area contributed by atoms with Gasteiger partial charge >= 0.3 is 0 Å². The maximum Gasteiger partial charge on any atom is 0.273 e. The Labute approximate surface area is 153 Å². The minimum absolute atomic E-state index is 0.0581. The van der Waals surface area contributed by atoms with Crippen molar-refractivity contribution in [3.63, 3.8) is 0 Å². The molecule has 0 saturated carbocycles. The Kier molecular flexibility index (Phi) is 4.90. The van der Waals surface area contributed by atoms with E-state index in [4.69, 9.17) is 4.42 Å². The third kappa shape index (κ3) is 3.38. The molecular weight excluding hydrogens is 356 g/mol. The molecule has 0 atom stereocenters. The number of aryl methyl sites for hydroxylation is 2. The maximum absolute atomic E-state index is 12.4. The number of ketones is 1. The number of furan rings is 1. The smallest absolute Gasteiger partial charge is 0.273 e. The molecule has 0 amide bonds. The third-order valence-electron chi connectivity index (χ3n) is 3.99. The first-order valence-electron chi connectivity index (χ1n) is 7.73. The molecular formula is C17H16N4O4S. The lowest BCUT2D eigenvalue weighted by molar-refractivity contribution is -0.385. The topological polar surface area (TPSA) is 104 Å². The molecule has 0 aliphatic heterocycles. The third-order valence-corrected chi connectivity index (χ3v) is 5.02. The lowest BCUT2D eigenvalue weighted by Crippen LogP contribution is -2.05. The number of hydrogen-bond donors (Lipinski definition) is 0. The molecule has 3 rings (SSSR count). The summed E-state index contributed by atoms with van der Waals surface area (Å²) in [5.74, 6) is 1.29. The molecule has 0 radical (unpaired) electrons. The highest BCUT2D eigenvalue weighted by molar-refractivity contribution is 7.99. The number of benzene rings is 1. The van der Waals surface area contributed by atoms with Crippen molar-refractivity contribution >= 4 is 23.2 Å². The zero-order chi connectivity index (χ0) is 18.8. The van der Waals surface area contributed by atoms with E-state index >= 15 is 0 Å². The first-order chi connectivity index (χ1) is 12.4. The van der Waals surface area contributed by atoms with Crippen LogP contribution in [0.3, 0.4) is 0 Å². The molecule has 3 aromatic rings. The maximum atomic E-state index is 12.4. The van der Waals surface area contributed by atoms with Crippen molar-refractivity contribution in [1.82, 2.24) is 14.8 Å². The van der Waals surface area contributed by atoms with Gasteiger partial charge in [0.2, 0.25) is 0 Å². The number of nitro benzene ring substituents is 1. The van der Waals surface area contributed by atoms with Crippen LogP contribution in [0.2, 0.25) is 0 Å². The first kappa shape index (κ1) is 17.9. The number of nitro groups is 1. The van der Waals surface area contributed by atoms with E-state index in [-0.39, 0.29) is 17.2 Å². The van der Waals surface area contributed by atoms with Crippen LogP contribution in [0.15, 0.2) is 40.1 Å². The van der Waals surface area contributed by atoms with Gasteiger partial charge in [-0.1, -0.05) is 23.9 Å². The fraction of sp³-hybridized carbons (Fsp3) is 0.235. The number of hydrogen-bond acceptors (Lipinski definition) is 7. The number of thioether (sulfide) groups is 1. The van der Waals surface area contributed by atoms with Gasteiger partial charge in [0.1, 0.15) is 5.76 Å². The summed E-state index contributed by atoms with van der Waals surface area (Å²) in [5.41, 5.74) is 1.61. The predicted molar refractivity (Wildman–Crippen MR) is 96.3 cm³/mol.